The Hall–Kier alpha value is -1.40. The van der Waals surface area contributed by atoms with Crippen molar-refractivity contribution in [2.24, 2.45) is 0 Å². The lowest BCUT2D eigenvalue weighted by atomic mass is 10.2. The van der Waals surface area contributed by atoms with Crippen LogP contribution in [0.1, 0.15) is 6.42 Å². The van der Waals surface area contributed by atoms with Crippen molar-refractivity contribution in [1.82, 2.24) is 15.3 Å². The maximum atomic E-state index is 5.46. The number of rotatable bonds is 5. The fourth-order valence-corrected chi connectivity index (χ4v) is 2.06. The number of morpholine rings is 1. The Morgan fingerprint density at radius 2 is 2.11 bits per heavy atom. The molecule has 1 N–H and O–H groups in total. The van der Waals surface area contributed by atoms with Gasteiger partial charge in [-0.2, -0.15) is 0 Å². The predicted octanol–water partition coefficient (Wildman–Crippen LogP) is 0.357. The molecular formula is C13H23N5O. The van der Waals surface area contributed by atoms with Gasteiger partial charge in [0.2, 0.25) is 0 Å². The van der Waals surface area contributed by atoms with E-state index >= 15 is 0 Å². The van der Waals surface area contributed by atoms with Crippen molar-refractivity contribution >= 4 is 11.6 Å². The van der Waals surface area contributed by atoms with Crippen LogP contribution in [0.4, 0.5) is 11.6 Å². The highest BCUT2D eigenvalue weighted by atomic mass is 16.5. The van der Waals surface area contributed by atoms with Gasteiger partial charge >= 0.3 is 0 Å². The van der Waals surface area contributed by atoms with Crippen LogP contribution in [0.15, 0.2) is 12.4 Å². The Morgan fingerprint density at radius 3 is 2.79 bits per heavy atom. The van der Waals surface area contributed by atoms with Gasteiger partial charge in [-0.25, -0.2) is 9.97 Å². The van der Waals surface area contributed by atoms with Gasteiger partial charge in [-0.1, -0.05) is 0 Å². The summed E-state index contributed by atoms with van der Waals surface area (Å²) in [5, 5.41) is 3.46. The molecule has 0 aromatic carbocycles. The summed E-state index contributed by atoms with van der Waals surface area (Å²) in [5.41, 5.74) is 0. The number of hydrogen-bond donors (Lipinski definition) is 1. The SMILES string of the molecule is CN(C)c1cc(N(C)CCC2COCCN2)ncn1. The zero-order chi connectivity index (χ0) is 13.7. The van der Waals surface area contributed by atoms with Crippen LogP contribution in [-0.2, 0) is 4.74 Å². The quantitative estimate of drug-likeness (QED) is 0.829. The van der Waals surface area contributed by atoms with Crippen molar-refractivity contribution in [1.29, 1.82) is 0 Å². The fraction of sp³-hybridized carbons (Fsp3) is 0.692. The fourth-order valence-electron chi connectivity index (χ4n) is 2.06. The van der Waals surface area contributed by atoms with Crippen LogP contribution < -0.4 is 15.1 Å². The van der Waals surface area contributed by atoms with E-state index in [1.165, 1.54) is 0 Å². The van der Waals surface area contributed by atoms with E-state index in [4.69, 9.17) is 4.74 Å². The first-order chi connectivity index (χ1) is 9.16. The highest BCUT2D eigenvalue weighted by molar-refractivity contribution is 5.48. The minimum absolute atomic E-state index is 0.450. The monoisotopic (exact) mass is 265 g/mol. The number of anilines is 2. The van der Waals surface area contributed by atoms with Gasteiger partial charge in [-0.15, -0.1) is 0 Å². The highest BCUT2D eigenvalue weighted by Crippen LogP contribution is 2.15. The van der Waals surface area contributed by atoms with Crippen LogP contribution in [0.5, 0.6) is 0 Å². The summed E-state index contributed by atoms with van der Waals surface area (Å²) in [4.78, 5) is 12.7. The third-order valence-electron chi connectivity index (χ3n) is 3.30. The second-order valence-electron chi connectivity index (χ2n) is 5.07. The van der Waals surface area contributed by atoms with Gasteiger partial charge in [0.25, 0.3) is 0 Å². The Labute approximate surface area is 114 Å². The summed E-state index contributed by atoms with van der Waals surface area (Å²) in [6.07, 6.45) is 2.67. The van der Waals surface area contributed by atoms with Crippen molar-refractivity contribution < 1.29 is 4.74 Å². The molecule has 1 aliphatic heterocycles. The minimum Gasteiger partial charge on any atom is -0.379 e. The Kier molecular flexibility index (Phi) is 4.93. The molecule has 0 bridgehead atoms. The van der Waals surface area contributed by atoms with Crippen LogP contribution in [0, 0.1) is 0 Å². The van der Waals surface area contributed by atoms with E-state index in [9.17, 15) is 0 Å². The molecule has 0 aliphatic carbocycles. The normalized spacial score (nSPS) is 19.2. The third-order valence-corrected chi connectivity index (χ3v) is 3.30. The van der Waals surface area contributed by atoms with Gasteiger partial charge in [0.1, 0.15) is 18.0 Å². The predicted molar refractivity (Wildman–Crippen MR) is 76.9 cm³/mol. The Morgan fingerprint density at radius 1 is 1.32 bits per heavy atom. The van der Waals surface area contributed by atoms with Crippen molar-refractivity contribution in [3.63, 3.8) is 0 Å². The number of nitrogens with one attached hydrogen (secondary N) is 1. The average Bonchev–Trinajstić information content (AvgIpc) is 2.46. The molecule has 106 valence electrons. The summed E-state index contributed by atoms with van der Waals surface area (Å²) >= 11 is 0. The molecule has 0 radical (unpaired) electrons. The van der Waals surface area contributed by atoms with Gasteiger partial charge < -0.3 is 19.9 Å². The first-order valence-electron chi connectivity index (χ1n) is 6.68. The molecule has 1 aromatic heterocycles. The number of nitrogens with zero attached hydrogens (tertiary/aromatic N) is 4. The Balaban J connectivity index is 1.88. The zero-order valence-electron chi connectivity index (χ0n) is 12.0. The summed E-state index contributed by atoms with van der Waals surface area (Å²) in [7, 11) is 6.02. The summed E-state index contributed by atoms with van der Waals surface area (Å²) in [6, 6.07) is 2.46. The molecule has 2 rings (SSSR count). The van der Waals surface area contributed by atoms with Crippen molar-refractivity contribution in [2.75, 3.05) is 57.2 Å². The summed E-state index contributed by atoms with van der Waals surface area (Å²) in [5.74, 6) is 1.88. The molecule has 1 fully saturated rings. The molecule has 1 unspecified atom stereocenters. The van der Waals surface area contributed by atoms with Gasteiger partial charge in [-0.3, -0.25) is 0 Å². The van der Waals surface area contributed by atoms with E-state index in [-0.39, 0.29) is 0 Å². The Bertz CT molecular complexity index is 392. The van der Waals surface area contributed by atoms with Crippen molar-refractivity contribution in [2.45, 2.75) is 12.5 Å². The van der Waals surface area contributed by atoms with Crippen LogP contribution in [0.3, 0.4) is 0 Å². The average molecular weight is 265 g/mol. The van der Waals surface area contributed by atoms with Crippen LogP contribution in [0.2, 0.25) is 0 Å². The van der Waals surface area contributed by atoms with Crippen molar-refractivity contribution in [3.05, 3.63) is 12.4 Å². The second-order valence-corrected chi connectivity index (χ2v) is 5.07. The molecular weight excluding hydrogens is 242 g/mol. The molecule has 19 heavy (non-hydrogen) atoms. The first kappa shape index (κ1) is 14.0. The van der Waals surface area contributed by atoms with E-state index in [0.717, 1.165) is 44.4 Å². The lowest BCUT2D eigenvalue weighted by Gasteiger charge is -2.26. The summed E-state index contributed by atoms with van der Waals surface area (Å²) in [6.45, 7) is 3.53. The van der Waals surface area contributed by atoms with Crippen LogP contribution in [0.25, 0.3) is 0 Å². The molecule has 0 saturated carbocycles. The van der Waals surface area contributed by atoms with Gasteiger partial charge in [0, 0.05) is 46.3 Å². The topological polar surface area (TPSA) is 53.5 Å². The molecule has 1 saturated heterocycles. The van der Waals surface area contributed by atoms with Gasteiger partial charge in [0.05, 0.1) is 13.2 Å². The molecule has 6 nitrogen and oxygen atoms in total. The lowest BCUT2D eigenvalue weighted by Crippen LogP contribution is -2.43. The van der Waals surface area contributed by atoms with E-state index in [1.54, 1.807) is 6.33 Å². The van der Waals surface area contributed by atoms with E-state index in [0.29, 0.717) is 6.04 Å². The van der Waals surface area contributed by atoms with E-state index in [2.05, 4.69) is 27.2 Å². The standard InChI is InChI=1S/C13H23N5O/c1-17(2)12-8-13(16-10-15-12)18(3)6-4-11-9-19-7-5-14-11/h8,10-11,14H,4-7,9H2,1-3H3. The van der Waals surface area contributed by atoms with E-state index in [1.807, 2.05) is 25.1 Å². The number of hydrogen-bond acceptors (Lipinski definition) is 6. The maximum absolute atomic E-state index is 5.46. The maximum Gasteiger partial charge on any atom is 0.133 e. The molecule has 1 aromatic rings. The zero-order valence-corrected chi connectivity index (χ0v) is 12.0. The summed E-state index contributed by atoms with van der Waals surface area (Å²) < 4.78 is 5.46. The first-order valence-corrected chi connectivity index (χ1v) is 6.68. The van der Waals surface area contributed by atoms with Gasteiger partial charge in [-0.05, 0) is 6.42 Å². The van der Waals surface area contributed by atoms with E-state index < -0.39 is 0 Å². The molecule has 0 spiro atoms. The van der Waals surface area contributed by atoms with Crippen LogP contribution in [-0.4, -0.2) is 63.5 Å². The van der Waals surface area contributed by atoms with Gasteiger partial charge in [0.15, 0.2) is 0 Å². The third kappa shape index (κ3) is 4.04. The molecule has 2 heterocycles. The lowest BCUT2D eigenvalue weighted by molar-refractivity contribution is 0.0749. The molecule has 6 heteroatoms. The molecule has 1 aliphatic rings. The number of aromatic nitrogens is 2. The smallest absolute Gasteiger partial charge is 0.133 e. The molecule has 1 atom stereocenters. The minimum atomic E-state index is 0.450. The van der Waals surface area contributed by atoms with Crippen molar-refractivity contribution in [3.8, 4) is 0 Å². The number of ether oxygens (including phenoxy) is 1. The second kappa shape index (κ2) is 6.68. The van der Waals surface area contributed by atoms with Crippen LogP contribution >= 0.6 is 0 Å². The largest absolute Gasteiger partial charge is 0.379 e. The molecule has 0 amide bonds. The highest BCUT2D eigenvalue weighted by Gasteiger charge is 2.14.